The summed E-state index contributed by atoms with van der Waals surface area (Å²) in [4.78, 5) is 0. The maximum absolute atomic E-state index is 13.4. The second kappa shape index (κ2) is 5.49. The first-order chi connectivity index (χ1) is 8.94. The minimum atomic E-state index is -0.299. The number of nitrogens with one attached hydrogen (secondary N) is 1. The summed E-state index contributed by atoms with van der Waals surface area (Å²) in [5, 5.41) is 13.2. The first kappa shape index (κ1) is 14.3. The molecule has 106 valence electrons. The normalized spacial score (nSPS) is 31.2. The van der Waals surface area contributed by atoms with Gasteiger partial charge in [0.05, 0.1) is 12.1 Å². The molecule has 1 aliphatic carbocycles. The highest BCUT2D eigenvalue weighted by atomic mass is 19.1. The van der Waals surface area contributed by atoms with Crippen LogP contribution in [0.5, 0.6) is 0 Å². The van der Waals surface area contributed by atoms with Crippen LogP contribution in [0, 0.1) is 24.6 Å². The van der Waals surface area contributed by atoms with Gasteiger partial charge in [-0.05, 0) is 61.8 Å². The van der Waals surface area contributed by atoms with Gasteiger partial charge in [-0.15, -0.1) is 0 Å². The largest absolute Gasteiger partial charge is 0.394 e. The van der Waals surface area contributed by atoms with E-state index in [1.54, 1.807) is 0 Å². The molecule has 2 N–H and O–H groups in total. The van der Waals surface area contributed by atoms with Gasteiger partial charge in [0.1, 0.15) is 5.82 Å². The van der Waals surface area contributed by atoms with E-state index in [0.29, 0.717) is 11.8 Å². The second-order valence-corrected chi connectivity index (χ2v) is 6.28. The Labute approximate surface area is 115 Å². The van der Waals surface area contributed by atoms with Gasteiger partial charge in [-0.3, -0.25) is 0 Å². The van der Waals surface area contributed by atoms with Crippen molar-refractivity contribution < 1.29 is 9.50 Å². The number of anilines is 1. The predicted molar refractivity (Wildman–Crippen MR) is 76.8 cm³/mol. The average Bonchev–Trinajstić information content (AvgIpc) is 2.33. The predicted octanol–water partition coefficient (Wildman–Crippen LogP) is 3.73. The molecule has 2 rings (SSSR count). The lowest BCUT2D eigenvalue weighted by Gasteiger charge is -2.43. The second-order valence-electron chi connectivity index (χ2n) is 6.28. The van der Waals surface area contributed by atoms with Crippen LogP contribution in [-0.4, -0.2) is 17.3 Å². The van der Waals surface area contributed by atoms with Crippen molar-refractivity contribution in [3.63, 3.8) is 0 Å². The number of rotatable bonds is 3. The summed E-state index contributed by atoms with van der Waals surface area (Å²) >= 11 is 0. The Morgan fingerprint density at radius 3 is 2.63 bits per heavy atom. The smallest absolute Gasteiger partial charge is 0.125 e. The maximum Gasteiger partial charge on any atom is 0.125 e. The highest BCUT2D eigenvalue weighted by Crippen LogP contribution is 2.38. The van der Waals surface area contributed by atoms with Crippen molar-refractivity contribution in [2.45, 2.75) is 45.6 Å². The number of halogens is 1. The van der Waals surface area contributed by atoms with E-state index >= 15 is 0 Å². The Kier molecular flexibility index (Phi) is 4.14. The zero-order valence-electron chi connectivity index (χ0n) is 12.0. The molecule has 3 atom stereocenters. The molecule has 0 bridgehead atoms. The van der Waals surface area contributed by atoms with Crippen LogP contribution in [0.1, 0.15) is 38.7 Å². The molecule has 1 fully saturated rings. The Morgan fingerprint density at radius 1 is 1.32 bits per heavy atom. The number of aliphatic hydroxyl groups is 1. The molecule has 3 unspecified atom stereocenters. The summed E-state index contributed by atoms with van der Waals surface area (Å²) in [6.07, 6.45) is 2.97. The first-order valence-corrected chi connectivity index (χ1v) is 7.10. The van der Waals surface area contributed by atoms with E-state index < -0.39 is 0 Å². The van der Waals surface area contributed by atoms with E-state index in [9.17, 15) is 9.50 Å². The van der Waals surface area contributed by atoms with E-state index in [1.165, 1.54) is 12.1 Å². The van der Waals surface area contributed by atoms with E-state index in [0.717, 1.165) is 30.5 Å². The minimum Gasteiger partial charge on any atom is -0.394 e. The van der Waals surface area contributed by atoms with Crippen molar-refractivity contribution >= 4 is 5.69 Å². The van der Waals surface area contributed by atoms with Gasteiger partial charge >= 0.3 is 0 Å². The Hall–Kier alpha value is -1.09. The molecule has 1 aromatic rings. The van der Waals surface area contributed by atoms with Crippen molar-refractivity contribution in [2.75, 3.05) is 11.9 Å². The van der Waals surface area contributed by atoms with E-state index in [-0.39, 0.29) is 18.0 Å². The molecule has 0 aromatic heterocycles. The summed E-state index contributed by atoms with van der Waals surface area (Å²) in [5.74, 6) is 1.03. The van der Waals surface area contributed by atoms with Crippen molar-refractivity contribution in [3.8, 4) is 0 Å². The Balaban J connectivity index is 2.18. The molecule has 0 radical (unpaired) electrons. The molecule has 2 nitrogen and oxygen atoms in total. The molecule has 0 amide bonds. The summed E-state index contributed by atoms with van der Waals surface area (Å²) in [6.45, 7) is 6.47. The topological polar surface area (TPSA) is 32.3 Å². The molecular formula is C16H24FNO. The minimum absolute atomic E-state index is 0.0968. The van der Waals surface area contributed by atoms with Gasteiger partial charge < -0.3 is 10.4 Å². The van der Waals surface area contributed by atoms with Gasteiger partial charge in [-0.25, -0.2) is 4.39 Å². The quantitative estimate of drug-likeness (QED) is 0.872. The van der Waals surface area contributed by atoms with Crippen LogP contribution < -0.4 is 5.32 Å². The van der Waals surface area contributed by atoms with Crippen molar-refractivity contribution in [2.24, 2.45) is 11.8 Å². The molecule has 19 heavy (non-hydrogen) atoms. The molecular weight excluding hydrogens is 241 g/mol. The summed E-state index contributed by atoms with van der Waals surface area (Å²) in [5.41, 5.74) is 1.37. The Bertz CT molecular complexity index is 428. The monoisotopic (exact) mass is 265 g/mol. The van der Waals surface area contributed by atoms with Gasteiger partial charge in [-0.1, -0.05) is 13.8 Å². The number of hydrogen-bond donors (Lipinski definition) is 2. The number of hydrogen-bond acceptors (Lipinski definition) is 2. The van der Waals surface area contributed by atoms with Crippen LogP contribution >= 0.6 is 0 Å². The van der Waals surface area contributed by atoms with Gasteiger partial charge in [0, 0.05) is 5.69 Å². The lowest BCUT2D eigenvalue weighted by atomic mass is 9.71. The van der Waals surface area contributed by atoms with Gasteiger partial charge in [0.25, 0.3) is 0 Å². The first-order valence-electron chi connectivity index (χ1n) is 7.10. The average molecular weight is 265 g/mol. The van der Waals surface area contributed by atoms with Gasteiger partial charge in [-0.2, -0.15) is 0 Å². The van der Waals surface area contributed by atoms with Crippen LogP contribution in [0.4, 0.5) is 10.1 Å². The third-order valence-corrected chi connectivity index (χ3v) is 4.52. The lowest BCUT2D eigenvalue weighted by molar-refractivity contribution is 0.121. The van der Waals surface area contributed by atoms with E-state index in [1.807, 2.05) is 13.0 Å². The molecule has 1 saturated carbocycles. The van der Waals surface area contributed by atoms with Crippen LogP contribution in [0.2, 0.25) is 0 Å². The third-order valence-electron chi connectivity index (χ3n) is 4.52. The van der Waals surface area contributed by atoms with Crippen LogP contribution in [-0.2, 0) is 0 Å². The number of aliphatic hydroxyl groups excluding tert-OH is 1. The number of benzene rings is 1. The highest BCUT2D eigenvalue weighted by molar-refractivity contribution is 5.48. The van der Waals surface area contributed by atoms with Gasteiger partial charge in [0.15, 0.2) is 0 Å². The molecule has 1 aliphatic rings. The van der Waals surface area contributed by atoms with Crippen molar-refractivity contribution in [1.29, 1.82) is 0 Å². The summed E-state index contributed by atoms with van der Waals surface area (Å²) in [7, 11) is 0. The molecule has 1 aromatic carbocycles. The fourth-order valence-corrected chi connectivity index (χ4v) is 3.12. The lowest BCUT2D eigenvalue weighted by Crippen LogP contribution is -2.47. The summed E-state index contributed by atoms with van der Waals surface area (Å²) < 4.78 is 13.4. The highest BCUT2D eigenvalue weighted by Gasteiger charge is 2.37. The van der Waals surface area contributed by atoms with E-state index in [2.05, 4.69) is 19.2 Å². The molecule has 3 heteroatoms. The molecule has 0 saturated heterocycles. The van der Waals surface area contributed by atoms with Crippen LogP contribution in [0.3, 0.4) is 0 Å². The maximum atomic E-state index is 13.4. The fraction of sp³-hybridized carbons (Fsp3) is 0.625. The summed E-state index contributed by atoms with van der Waals surface area (Å²) in [6, 6.07) is 4.96. The van der Waals surface area contributed by atoms with Crippen molar-refractivity contribution in [1.82, 2.24) is 0 Å². The SMILES string of the molecule is Cc1cc(F)cc(NC2(CO)CCC(C)C(C)C2)c1. The number of aryl methyl sites for hydroxylation is 1. The van der Waals surface area contributed by atoms with Gasteiger partial charge in [0.2, 0.25) is 0 Å². The molecule has 0 heterocycles. The zero-order chi connectivity index (χ0) is 14.0. The fourth-order valence-electron chi connectivity index (χ4n) is 3.12. The van der Waals surface area contributed by atoms with Crippen LogP contribution in [0.15, 0.2) is 18.2 Å². The van der Waals surface area contributed by atoms with E-state index in [4.69, 9.17) is 0 Å². The third kappa shape index (κ3) is 3.27. The molecule has 0 aliphatic heterocycles. The Morgan fingerprint density at radius 2 is 2.05 bits per heavy atom. The molecule has 0 spiro atoms. The zero-order valence-corrected chi connectivity index (χ0v) is 12.0. The van der Waals surface area contributed by atoms with Crippen molar-refractivity contribution in [3.05, 3.63) is 29.6 Å². The standard InChI is InChI=1S/C16H24FNO/c1-11-6-14(17)8-15(7-11)18-16(10-19)5-4-12(2)13(3)9-16/h6-8,12-13,18-19H,4-5,9-10H2,1-3H3. The van der Waals surface area contributed by atoms with Crippen LogP contribution in [0.25, 0.3) is 0 Å².